The number of carbonyl (C=O) groups is 1. The molecule has 5 aromatic rings. The molecule has 2 aromatic heterocycles. The van der Waals surface area contributed by atoms with Crippen LogP contribution in [-0.2, 0) is 10.1 Å². The maximum Gasteiger partial charge on any atom is 0.295 e. The van der Waals surface area contributed by atoms with Gasteiger partial charge in [0.1, 0.15) is 10.7 Å². The van der Waals surface area contributed by atoms with Gasteiger partial charge in [-0.25, -0.2) is 9.97 Å². The van der Waals surface area contributed by atoms with E-state index in [1.165, 1.54) is 30.6 Å². The average molecular weight is 694 g/mol. The number of anilines is 1. The number of fused-ring (bicyclic) bond motifs is 1. The third-order valence-corrected chi connectivity index (χ3v) is 8.72. The van der Waals surface area contributed by atoms with Crippen LogP contribution in [0.1, 0.15) is 41.6 Å². The van der Waals surface area contributed by atoms with Crippen LogP contribution < -0.4 is 25.0 Å². The van der Waals surface area contributed by atoms with Crippen LogP contribution in [0.2, 0.25) is 0 Å². The number of aromatic nitrogens is 2. The third kappa shape index (κ3) is 9.01. The van der Waals surface area contributed by atoms with Crippen molar-refractivity contribution < 1.29 is 32.0 Å². The van der Waals surface area contributed by atoms with Gasteiger partial charge < -0.3 is 19.5 Å². The van der Waals surface area contributed by atoms with Gasteiger partial charge >= 0.3 is 0 Å². The Bertz CT molecular complexity index is 2070. The first kappa shape index (κ1) is 34.1. The summed E-state index contributed by atoms with van der Waals surface area (Å²) in [5.74, 6) is 2.12. The number of amides is 1. The summed E-state index contributed by atoms with van der Waals surface area (Å²) in [7, 11) is -4.38. The number of benzene rings is 3. The van der Waals surface area contributed by atoms with E-state index in [9.17, 15) is 17.8 Å². The molecule has 0 saturated carbocycles. The van der Waals surface area contributed by atoms with Crippen LogP contribution in [0.15, 0.2) is 113 Å². The fraction of sp³-hybridized carbons (Fsp3) is 0.189. The highest BCUT2D eigenvalue weighted by Gasteiger charge is 2.16. The Balaban J connectivity index is 0.930. The molecule has 13 heteroatoms. The predicted octanol–water partition coefficient (Wildman–Crippen LogP) is 6.60. The summed E-state index contributed by atoms with van der Waals surface area (Å²) in [6.45, 7) is 1.26. The minimum atomic E-state index is -4.38. The molecule has 0 bridgehead atoms. The van der Waals surface area contributed by atoms with Gasteiger partial charge in [-0.1, -0.05) is 67.4 Å². The highest BCUT2D eigenvalue weighted by molar-refractivity contribution is 7.86. The number of ether oxygens (including phenoxy) is 3. The van der Waals surface area contributed by atoms with Gasteiger partial charge in [0, 0.05) is 29.9 Å². The number of nitrogens with zero attached hydrogens (tertiary/aromatic N) is 3. The fourth-order valence-corrected chi connectivity index (χ4v) is 5.89. The van der Waals surface area contributed by atoms with E-state index in [4.69, 9.17) is 19.2 Å². The van der Waals surface area contributed by atoms with Gasteiger partial charge in [-0.2, -0.15) is 13.5 Å². The predicted molar refractivity (Wildman–Crippen MR) is 189 cm³/mol. The number of hydrogen-bond acceptors (Lipinski definition) is 10. The van der Waals surface area contributed by atoms with E-state index in [2.05, 4.69) is 20.8 Å². The third-order valence-electron chi connectivity index (χ3n) is 7.79. The minimum Gasteiger partial charge on any atom is -0.478 e. The van der Waals surface area contributed by atoms with Crippen molar-refractivity contribution in [1.29, 1.82) is 0 Å². The van der Waals surface area contributed by atoms with Gasteiger partial charge in [0.2, 0.25) is 12.7 Å². The summed E-state index contributed by atoms with van der Waals surface area (Å²) in [6.07, 6.45) is 6.19. The second-order valence-corrected chi connectivity index (χ2v) is 12.7. The van der Waals surface area contributed by atoms with E-state index < -0.39 is 10.1 Å². The number of unbranched alkanes of at least 4 members (excludes halogenated alkanes) is 3. The van der Waals surface area contributed by atoms with E-state index in [0.717, 1.165) is 59.6 Å². The molecule has 0 saturated heterocycles. The summed E-state index contributed by atoms with van der Waals surface area (Å²) < 4.78 is 49.6. The van der Waals surface area contributed by atoms with E-state index in [0.29, 0.717) is 30.4 Å². The Morgan fingerprint density at radius 2 is 1.66 bits per heavy atom. The molecule has 1 aliphatic heterocycles. The van der Waals surface area contributed by atoms with Gasteiger partial charge in [-0.05, 0) is 60.4 Å². The molecule has 0 fully saturated rings. The monoisotopic (exact) mass is 693 g/mol. The van der Waals surface area contributed by atoms with Crippen molar-refractivity contribution in [3.63, 3.8) is 0 Å². The summed E-state index contributed by atoms with van der Waals surface area (Å²) in [6, 6.07) is 29.0. The van der Waals surface area contributed by atoms with Crippen molar-refractivity contribution in [2.75, 3.05) is 25.4 Å². The Labute approximate surface area is 289 Å². The normalized spacial score (nSPS) is 12.2. The molecule has 50 heavy (non-hydrogen) atoms. The van der Waals surface area contributed by atoms with E-state index in [1.807, 2.05) is 60.7 Å². The molecule has 256 valence electrons. The Hall–Kier alpha value is -5.79. The second kappa shape index (κ2) is 16.1. The van der Waals surface area contributed by atoms with E-state index >= 15 is 0 Å². The molecular weight excluding hydrogens is 659 g/mol. The van der Waals surface area contributed by atoms with E-state index in [1.54, 1.807) is 18.2 Å². The average Bonchev–Trinajstić information content (AvgIpc) is 3.61. The van der Waals surface area contributed by atoms with Crippen LogP contribution in [0.25, 0.3) is 22.4 Å². The Morgan fingerprint density at radius 3 is 2.48 bits per heavy atom. The molecule has 0 spiro atoms. The summed E-state index contributed by atoms with van der Waals surface area (Å²) in [4.78, 5) is 21.3. The molecule has 3 aromatic carbocycles. The molecule has 3 heterocycles. The summed E-state index contributed by atoms with van der Waals surface area (Å²) in [5, 5.41) is 6.89. The highest BCUT2D eigenvalue weighted by atomic mass is 32.2. The zero-order valence-electron chi connectivity index (χ0n) is 27.0. The van der Waals surface area contributed by atoms with Crippen molar-refractivity contribution >= 4 is 28.1 Å². The molecular formula is C37H35N5O7S. The van der Waals surface area contributed by atoms with Crippen LogP contribution in [-0.4, -0.2) is 55.0 Å². The lowest BCUT2D eigenvalue weighted by Gasteiger charge is -2.11. The number of rotatable bonds is 15. The maximum atomic E-state index is 12.6. The Morgan fingerprint density at radius 1 is 0.860 bits per heavy atom. The van der Waals surface area contributed by atoms with Gasteiger partial charge in [-0.3, -0.25) is 14.8 Å². The highest BCUT2D eigenvalue weighted by Crippen LogP contribution is 2.37. The van der Waals surface area contributed by atoms with Crippen LogP contribution in [0.3, 0.4) is 0 Å². The quantitative estimate of drug-likeness (QED) is 0.0472. The first-order chi connectivity index (χ1) is 24.3. The zero-order chi connectivity index (χ0) is 34.8. The van der Waals surface area contributed by atoms with Crippen LogP contribution in [0, 0.1) is 0 Å². The van der Waals surface area contributed by atoms with Crippen molar-refractivity contribution in [3.05, 3.63) is 114 Å². The van der Waals surface area contributed by atoms with Crippen molar-refractivity contribution in [1.82, 2.24) is 15.3 Å². The molecule has 0 radical (unpaired) electrons. The van der Waals surface area contributed by atoms with Gasteiger partial charge in [0.25, 0.3) is 16.0 Å². The summed E-state index contributed by atoms with van der Waals surface area (Å²) in [5.41, 5.74) is 7.06. The topological polar surface area (TPSA) is 161 Å². The van der Waals surface area contributed by atoms with Crippen molar-refractivity contribution in [3.8, 4) is 39.8 Å². The van der Waals surface area contributed by atoms with Gasteiger partial charge in [0.05, 0.1) is 24.1 Å². The standard InChI is InChI=1S/C37H35N5O7S/c43-37(29-15-17-35(39-23-29)42-40-24-28-12-6-7-13-34(28)50(44,45)46)38-18-8-1-2-9-19-47-36-22-30(20-31(41-36)26-10-4-3-5-11-26)27-14-16-32-33(21-27)49-25-48-32/h3-7,10-17,20-24H,1-2,8-9,18-19,25H2,(H,38,43)(H,39,42)(H,44,45,46)/b40-24+. The second-order valence-electron chi connectivity index (χ2n) is 11.3. The lowest BCUT2D eigenvalue weighted by molar-refractivity contribution is 0.0952. The first-order valence-electron chi connectivity index (χ1n) is 16.0. The van der Waals surface area contributed by atoms with Crippen LogP contribution >= 0.6 is 0 Å². The fourth-order valence-electron chi connectivity index (χ4n) is 5.22. The lowest BCUT2D eigenvalue weighted by Crippen LogP contribution is -2.24. The van der Waals surface area contributed by atoms with Gasteiger partial charge in [-0.15, -0.1) is 0 Å². The first-order valence-corrected chi connectivity index (χ1v) is 17.5. The number of nitrogens with one attached hydrogen (secondary N) is 2. The number of carbonyl (C=O) groups excluding carboxylic acids is 1. The van der Waals surface area contributed by atoms with Gasteiger partial charge in [0.15, 0.2) is 11.5 Å². The molecule has 3 N–H and O–H groups in total. The smallest absolute Gasteiger partial charge is 0.295 e. The largest absolute Gasteiger partial charge is 0.478 e. The Kier molecular flexibility index (Phi) is 11.0. The molecule has 0 unspecified atom stereocenters. The molecule has 12 nitrogen and oxygen atoms in total. The van der Waals surface area contributed by atoms with Crippen molar-refractivity contribution in [2.45, 2.75) is 30.6 Å². The molecule has 6 rings (SSSR count). The molecule has 0 aliphatic carbocycles. The lowest BCUT2D eigenvalue weighted by atomic mass is 10.0. The molecule has 0 atom stereocenters. The van der Waals surface area contributed by atoms with Crippen LogP contribution in [0.5, 0.6) is 17.4 Å². The zero-order valence-corrected chi connectivity index (χ0v) is 27.8. The SMILES string of the molecule is O=C(NCCCCCCOc1cc(-c2ccc3c(c2)OCO3)cc(-c2ccccc2)n1)c1ccc(N/N=C/c2ccccc2S(=O)(=O)O)nc1. The molecule has 1 aliphatic rings. The maximum absolute atomic E-state index is 12.6. The molecule has 1 amide bonds. The van der Waals surface area contributed by atoms with Crippen LogP contribution in [0.4, 0.5) is 5.82 Å². The van der Waals surface area contributed by atoms with E-state index in [-0.39, 0.29) is 23.2 Å². The number of hydrazone groups is 1. The number of pyridine rings is 2. The van der Waals surface area contributed by atoms with Crippen molar-refractivity contribution in [2.24, 2.45) is 5.10 Å². The number of hydrogen-bond donors (Lipinski definition) is 3. The summed E-state index contributed by atoms with van der Waals surface area (Å²) >= 11 is 0. The minimum absolute atomic E-state index is 0.212.